The fraction of sp³-hybridized carbons (Fsp3) is 0.667. The predicted molar refractivity (Wildman–Crippen MR) is 40.3 cm³/mol. The molecular formula is C6H11N3O3. The number of hydrazine groups is 1. The molecule has 1 aliphatic heterocycles. The molecule has 0 aromatic carbocycles. The third-order valence-corrected chi connectivity index (χ3v) is 1.60. The monoisotopic (exact) mass is 173 g/mol. The van der Waals surface area contributed by atoms with Gasteiger partial charge >= 0.3 is 12.1 Å². The lowest BCUT2D eigenvalue weighted by molar-refractivity contribution is 0.148. The second kappa shape index (κ2) is 3.80. The van der Waals surface area contributed by atoms with Gasteiger partial charge in [0.15, 0.2) is 0 Å². The summed E-state index contributed by atoms with van der Waals surface area (Å²) in [6.07, 6.45) is 0.343. The van der Waals surface area contributed by atoms with E-state index in [1.54, 1.807) is 4.90 Å². The Balaban J connectivity index is 2.13. The van der Waals surface area contributed by atoms with E-state index in [1.165, 1.54) is 7.11 Å². The third kappa shape index (κ3) is 2.01. The predicted octanol–water partition coefficient (Wildman–Crippen LogP) is -0.327. The average Bonchev–Trinajstić information content (AvgIpc) is 1.97. The normalized spacial score (nSPS) is 14.6. The second-order valence-corrected chi connectivity index (χ2v) is 2.39. The molecule has 0 saturated carbocycles. The molecule has 0 aromatic heterocycles. The van der Waals surface area contributed by atoms with Gasteiger partial charge in [-0.15, -0.1) is 0 Å². The van der Waals surface area contributed by atoms with Crippen LogP contribution in [0.3, 0.4) is 0 Å². The van der Waals surface area contributed by atoms with Crippen LogP contribution in [0.1, 0.15) is 6.42 Å². The molecule has 0 aromatic rings. The highest BCUT2D eigenvalue weighted by atomic mass is 16.5. The zero-order valence-electron chi connectivity index (χ0n) is 6.79. The molecule has 0 spiro atoms. The summed E-state index contributed by atoms with van der Waals surface area (Å²) in [6.45, 7) is 1.49. The number of carbonyl (C=O) groups is 2. The molecule has 0 bridgehead atoms. The Kier molecular flexibility index (Phi) is 2.73. The van der Waals surface area contributed by atoms with Gasteiger partial charge in [-0.2, -0.15) is 0 Å². The fourth-order valence-electron chi connectivity index (χ4n) is 0.754. The minimum Gasteiger partial charge on any atom is -0.452 e. The van der Waals surface area contributed by atoms with E-state index in [9.17, 15) is 9.59 Å². The first-order valence-electron chi connectivity index (χ1n) is 3.63. The quantitative estimate of drug-likeness (QED) is 0.493. The van der Waals surface area contributed by atoms with Crippen LogP contribution >= 0.6 is 0 Å². The third-order valence-electron chi connectivity index (χ3n) is 1.60. The molecule has 2 N–H and O–H groups in total. The summed E-state index contributed by atoms with van der Waals surface area (Å²) < 4.78 is 4.25. The lowest BCUT2D eigenvalue weighted by Gasteiger charge is -2.30. The van der Waals surface area contributed by atoms with E-state index in [0.29, 0.717) is 0 Å². The lowest BCUT2D eigenvalue weighted by Crippen LogP contribution is -2.53. The lowest BCUT2D eigenvalue weighted by atomic mass is 10.2. The van der Waals surface area contributed by atoms with Gasteiger partial charge in [-0.25, -0.2) is 20.4 Å². The summed E-state index contributed by atoms with van der Waals surface area (Å²) in [5.41, 5.74) is 4.28. The summed E-state index contributed by atoms with van der Waals surface area (Å²) >= 11 is 0. The number of likely N-dealkylation sites (tertiary alicyclic amines) is 1. The number of methoxy groups -OCH3 is 1. The summed E-state index contributed by atoms with van der Waals surface area (Å²) in [4.78, 5) is 23.0. The second-order valence-electron chi connectivity index (χ2n) is 2.39. The van der Waals surface area contributed by atoms with Crippen molar-refractivity contribution in [2.24, 2.45) is 0 Å². The summed E-state index contributed by atoms with van der Waals surface area (Å²) in [5.74, 6) is 0. The van der Waals surface area contributed by atoms with E-state index < -0.39 is 6.09 Å². The molecule has 6 heteroatoms. The van der Waals surface area contributed by atoms with Crippen LogP contribution in [0.15, 0.2) is 0 Å². The van der Waals surface area contributed by atoms with Gasteiger partial charge in [-0.1, -0.05) is 0 Å². The highest BCUT2D eigenvalue weighted by Gasteiger charge is 2.19. The first-order chi connectivity index (χ1) is 5.74. The summed E-state index contributed by atoms with van der Waals surface area (Å²) in [5, 5.41) is 0. The van der Waals surface area contributed by atoms with Crippen molar-refractivity contribution in [3.05, 3.63) is 0 Å². The van der Waals surface area contributed by atoms with Gasteiger partial charge in [0, 0.05) is 13.1 Å². The number of ether oxygens (including phenoxy) is 1. The topological polar surface area (TPSA) is 70.7 Å². The van der Waals surface area contributed by atoms with E-state index in [1.807, 2.05) is 0 Å². The average molecular weight is 173 g/mol. The van der Waals surface area contributed by atoms with Crippen LogP contribution < -0.4 is 10.9 Å². The van der Waals surface area contributed by atoms with Gasteiger partial charge in [-0.05, 0) is 6.42 Å². The molecule has 6 nitrogen and oxygen atoms in total. The van der Waals surface area contributed by atoms with Gasteiger partial charge in [0.05, 0.1) is 7.11 Å². The molecule has 3 amide bonds. The Labute approximate surface area is 69.8 Å². The van der Waals surface area contributed by atoms with Crippen molar-refractivity contribution in [3.63, 3.8) is 0 Å². The maximum Gasteiger partial charge on any atom is 0.425 e. The molecule has 0 unspecified atom stereocenters. The van der Waals surface area contributed by atoms with Crippen molar-refractivity contribution in [1.29, 1.82) is 0 Å². The van der Waals surface area contributed by atoms with Crippen molar-refractivity contribution in [2.75, 3.05) is 20.2 Å². The molecular weight excluding hydrogens is 162 g/mol. The number of hydrogen-bond acceptors (Lipinski definition) is 3. The molecule has 1 rings (SSSR count). The van der Waals surface area contributed by atoms with Crippen molar-refractivity contribution < 1.29 is 14.3 Å². The first-order valence-corrected chi connectivity index (χ1v) is 3.63. The maximum atomic E-state index is 11.0. The van der Waals surface area contributed by atoms with Gasteiger partial charge < -0.3 is 9.64 Å². The number of nitrogens with one attached hydrogen (secondary N) is 2. The van der Waals surface area contributed by atoms with Gasteiger partial charge in [-0.3, -0.25) is 0 Å². The fourth-order valence-corrected chi connectivity index (χ4v) is 0.754. The van der Waals surface area contributed by atoms with Crippen LogP contribution in [0.2, 0.25) is 0 Å². The molecule has 0 radical (unpaired) electrons. The number of carbonyl (C=O) groups excluding carboxylic acids is 2. The molecule has 0 atom stereocenters. The largest absolute Gasteiger partial charge is 0.452 e. The van der Waals surface area contributed by atoms with E-state index in [4.69, 9.17) is 0 Å². The zero-order valence-corrected chi connectivity index (χ0v) is 6.79. The molecule has 0 aliphatic carbocycles. The van der Waals surface area contributed by atoms with Crippen LogP contribution in [0.4, 0.5) is 9.59 Å². The van der Waals surface area contributed by atoms with Gasteiger partial charge in [0.25, 0.3) is 0 Å². The standard InChI is InChI=1S/C6H11N3O3/c1-12-6(11)8-7-5(10)9-3-2-4-9/h2-4H2,1H3,(H,7,10)(H,8,11). The highest BCUT2D eigenvalue weighted by molar-refractivity contribution is 5.78. The van der Waals surface area contributed by atoms with Crippen LogP contribution in [0.5, 0.6) is 0 Å². The minimum atomic E-state index is -0.677. The van der Waals surface area contributed by atoms with E-state index in [-0.39, 0.29) is 6.03 Å². The Hall–Kier alpha value is -1.46. The van der Waals surface area contributed by atoms with Crippen molar-refractivity contribution in [1.82, 2.24) is 15.8 Å². The summed E-state index contributed by atoms with van der Waals surface area (Å²) in [7, 11) is 1.23. The molecule has 1 aliphatic rings. The van der Waals surface area contributed by atoms with Crippen LogP contribution in [0.25, 0.3) is 0 Å². The van der Waals surface area contributed by atoms with E-state index in [0.717, 1.165) is 19.5 Å². The maximum absolute atomic E-state index is 11.0. The van der Waals surface area contributed by atoms with Crippen LogP contribution in [-0.2, 0) is 4.74 Å². The van der Waals surface area contributed by atoms with E-state index >= 15 is 0 Å². The number of amides is 3. The Bertz CT molecular complexity index is 190. The van der Waals surface area contributed by atoms with Crippen LogP contribution in [0, 0.1) is 0 Å². The van der Waals surface area contributed by atoms with Crippen molar-refractivity contribution in [2.45, 2.75) is 6.42 Å². The van der Waals surface area contributed by atoms with Gasteiger partial charge in [0.1, 0.15) is 0 Å². The number of hydrogen-bond donors (Lipinski definition) is 2. The van der Waals surface area contributed by atoms with E-state index in [2.05, 4.69) is 15.6 Å². The zero-order chi connectivity index (χ0) is 8.97. The van der Waals surface area contributed by atoms with Crippen LogP contribution in [-0.4, -0.2) is 37.2 Å². The number of rotatable bonds is 0. The molecule has 1 saturated heterocycles. The Morgan fingerprint density at radius 2 is 2.00 bits per heavy atom. The minimum absolute atomic E-state index is 0.299. The Morgan fingerprint density at radius 3 is 2.42 bits per heavy atom. The first kappa shape index (κ1) is 8.63. The molecule has 12 heavy (non-hydrogen) atoms. The Morgan fingerprint density at radius 1 is 1.33 bits per heavy atom. The summed E-state index contributed by atoms with van der Waals surface area (Å²) in [6, 6.07) is -0.299. The highest BCUT2D eigenvalue weighted by Crippen LogP contribution is 2.04. The SMILES string of the molecule is COC(=O)NNC(=O)N1CCC1. The molecule has 68 valence electrons. The smallest absolute Gasteiger partial charge is 0.425 e. The number of nitrogens with zero attached hydrogens (tertiary/aromatic N) is 1. The molecule has 1 heterocycles. The van der Waals surface area contributed by atoms with Crippen molar-refractivity contribution >= 4 is 12.1 Å². The number of urea groups is 1. The van der Waals surface area contributed by atoms with Gasteiger partial charge in [0.2, 0.25) is 0 Å². The molecule has 1 fully saturated rings. The van der Waals surface area contributed by atoms with Crippen molar-refractivity contribution in [3.8, 4) is 0 Å².